The summed E-state index contributed by atoms with van der Waals surface area (Å²) >= 11 is 0. The Morgan fingerprint density at radius 1 is 1.18 bits per heavy atom. The van der Waals surface area contributed by atoms with Crippen LogP contribution in [0.4, 0.5) is 0 Å². The standard InChI is InChI=1S/C26H35NO/c1-19(10-9-13-21-11-5-4-6-12-21)28-22-16-17-25-24-15-8-7-14-23(24)20(2)27(3)26(25)18-22/h4-8,11-12,14-15,19-20,22-23,26H,9-10,13,16-18H2,1-3H3. The summed E-state index contributed by atoms with van der Waals surface area (Å²) in [4.78, 5) is 2.60. The monoisotopic (exact) mass is 377 g/mol. The molecule has 0 amide bonds. The number of fused-ring (bicyclic) bond motifs is 2. The van der Waals surface area contributed by atoms with Crippen LogP contribution in [0.25, 0.3) is 0 Å². The van der Waals surface area contributed by atoms with Crippen LogP contribution in [-0.4, -0.2) is 36.2 Å². The molecule has 3 aliphatic rings. The predicted octanol–water partition coefficient (Wildman–Crippen LogP) is 5.71. The van der Waals surface area contributed by atoms with Gasteiger partial charge in [-0.1, -0.05) is 54.6 Å². The summed E-state index contributed by atoms with van der Waals surface area (Å²) in [6.45, 7) is 4.64. The van der Waals surface area contributed by atoms with E-state index in [1.54, 1.807) is 11.1 Å². The maximum Gasteiger partial charge on any atom is 0.0600 e. The molecule has 1 saturated carbocycles. The van der Waals surface area contributed by atoms with Crippen LogP contribution in [0, 0.1) is 5.92 Å². The summed E-state index contributed by atoms with van der Waals surface area (Å²) in [6.07, 6.45) is 16.9. The van der Waals surface area contributed by atoms with E-state index in [-0.39, 0.29) is 0 Å². The van der Waals surface area contributed by atoms with Crippen LogP contribution in [-0.2, 0) is 11.2 Å². The first-order valence-electron chi connectivity index (χ1n) is 11.1. The van der Waals surface area contributed by atoms with E-state index >= 15 is 0 Å². The molecule has 0 bridgehead atoms. The Balaban J connectivity index is 1.32. The molecule has 1 heterocycles. The molecule has 150 valence electrons. The van der Waals surface area contributed by atoms with Gasteiger partial charge in [0.05, 0.1) is 12.2 Å². The number of rotatable bonds is 6. The van der Waals surface area contributed by atoms with Gasteiger partial charge in [-0.3, -0.25) is 4.90 Å². The van der Waals surface area contributed by atoms with Gasteiger partial charge in [-0.2, -0.15) is 0 Å². The lowest BCUT2D eigenvalue weighted by molar-refractivity contribution is -0.0379. The average molecular weight is 378 g/mol. The second-order valence-electron chi connectivity index (χ2n) is 8.89. The molecule has 5 atom stereocenters. The molecule has 2 aliphatic carbocycles. The van der Waals surface area contributed by atoms with Crippen molar-refractivity contribution in [3.8, 4) is 0 Å². The highest BCUT2D eigenvalue weighted by atomic mass is 16.5. The highest BCUT2D eigenvalue weighted by Crippen LogP contribution is 2.42. The summed E-state index contributed by atoms with van der Waals surface area (Å²) < 4.78 is 6.52. The van der Waals surface area contributed by atoms with Crippen molar-refractivity contribution in [1.29, 1.82) is 0 Å². The Hall–Kier alpha value is -1.64. The summed E-state index contributed by atoms with van der Waals surface area (Å²) in [5.41, 5.74) is 4.70. The molecule has 1 aliphatic heterocycles. The van der Waals surface area contributed by atoms with Crippen LogP contribution in [0.2, 0.25) is 0 Å². The normalized spacial score (nSPS) is 30.8. The van der Waals surface area contributed by atoms with E-state index in [1.807, 2.05) is 0 Å². The van der Waals surface area contributed by atoms with E-state index in [9.17, 15) is 0 Å². The fourth-order valence-corrected chi connectivity index (χ4v) is 5.34. The number of nitrogens with zero attached hydrogens (tertiary/aromatic N) is 1. The molecule has 0 spiro atoms. The largest absolute Gasteiger partial charge is 0.375 e. The predicted molar refractivity (Wildman–Crippen MR) is 117 cm³/mol. The third-order valence-corrected chi connectivity index (χ3v) is 7.06. The van der Waals surface area contributed by atoms with Gasteiger partial charge >= 0.3 is 0 Å². The van der Waals surface area contributed by atoms with Crippen LogP contribution < -0.4 is 0 Å². The smallest absolute Gasteiger partial charge is 0.0600 e. The van der Waals surface area contributed by atoms with Gasteiger partial charge in [-0.25, -0.2) is 0 Å². The SMILES string of the molecule is CC(CCCc1ccccc1)OC1CCC2=C3C=CC=CC3C(C)N(C)C2C1. The van der Waals surface area contributed by atoms with Crippen LogP contribution in [0.3, 0.4) is 0 Å². The zero-order chi connectivity index (χ0) is 19.5. The highest BCUT2D eigenvalue weighted by Gasteiger charge is 2.40. The molecule has 1 fully saturated rings. The van der Waals surface area contributed by atoms with Crippen molar-refractivity contribution in [2.75, 3.05) is 7.05 Å². The van der Waals surface area contributed by atoms with E-state index in [0.29, 0.717) is 30.2 Å². The van der Waals surface area contributed by atoms with E-state index in [0.717, 1.165) is 19.3 Å². The van der Waals surface area contributed by atoms with Crippen LogP contribution in [0.5, 0.6) is 0 Å². The van der Waals surface area contributed by atoms with Gasteiger partial charge in [0, 0.05) is 18.0 Å². The summed E-state index contributed by atoms with van der Waals surface area (Å²) in [7, 11) is 2.31. The van der Waals surface area contributed by atoms with Crippen LogP contribution in [0.15, 0.2) is 65.8 Å². The summed E-state index contributed by atoms with van der Waals surface area (Å²) in [5, 5.41) is 0. The molecule has 5 unspecified atom stereocenters. The number of likely N-dealkylation sites (N-methyl/N-ethyl adjacent to an activating group) is 1. The van der Waals surface area contributed by atoms with E-state index in [4.69, 9.17) is 4.74 Å². The van der Waals surface area contributed by atoms with Crippen molar-refractivity contribution in [3.05, 3.63) is 71.3 Å². The van der Waals surface area contributed by atoms with Gasteiger partial charge in [0.15, 0.2) is 0 Å². The second kappa shape index (κ2) is 8.80. The van der Waals surface area contributed by atoms with Crippen molar-refractivity contribution in [2.45, 2.75) is 76.7 Å². The molecule has 0 saturated heterocycles. The maximum atomic E-state index is 6.52. The minimum Gasteiger partial charge on any atom is -0.375 e. The third-order valence-electron chi connectivity index (χ3n) is 7.06. The zero-order valence-electron chi connectivity index (χ0n) is 17.7. The lowest BCUT2D eigenvalue weighted by Gasteiger charge is -2.48. The first kappa shape index (κ1) is 19.7. The highest BCUT2D eigenvalue weighted by molar-refractivity contribution is 5.43. The topological polar surface area (TPSA) is 12.5 Å². The molecule has 0 N–H and O–H groups in total. The lowest BCUT2D eigenvalue weighted by atomic mass is 9.73. The fraction of sp³-hybridized carbons (Fsp3) is 0.538. The maximum absolute atomic E-state index is 6.52. The van der Waals surface area contributed by atoms with Gasteiger partial charge in [0.2, 0.25) is 0 Å². The Bertz CT molecular complexity index is 747. The summed E-state index contributed by atoms with van der Waals surface area (Å²) in [6, 6.07) is 11.9. The molecule has 0 radical (unpaired) electrons. The second-order valence-corrected chi connectivity index (χ2v) is 8.89. The Morgan fingerprint density at radius 2 is 2.00 bits per heavy atom. The zero-order valence-corrected chi connectivity index (χ0v) is 17.7. The molecule has 1 aromatic rings. The van der Waals surface area contributed by atoms with Crippen molar-refractivity contribution in [1.82, 2.24) is 4.90 Å². The van der Waals surface area contributed by atoms with Gasteiger partial charge < -0.3 is 4.74 Å². The first-order valence-corrected chi connectivity index (χ1v) is 11.1. The first-order chi connectivity index (χ1) is 13.6. The van der Waals surface area contributed by atoms with Crippen molar-refractivity contribution in [2.24, 2.45) is 5.92 Å². The summed E-state index contributed by atoms with van der Waals surface area (Å²) in [5.74, 6) is 0.565. The van der Waals surface area contributed by atoms with Gasteiger partial charge in [0.25, 0.3) is 0 Å². The molecular formula is C26H35NO. The third kappa shape index (κ3) is 4.18. The fourth-order valence-electron chi connectivity index (χ4n) is 5.34. The van der Waals surface area contributed by atoms with Crippen molar-refractivity contribution >= 4 is 0 Å². The molecule has 1 aromatic carbocycles. The quantitative estimate of drug-likeness (QED) is 0.630. The number of hydrogen-bond acceptors (Lipinski definition) is 2. The molecule has 4 rings (SSSR count). The number of hydrogen-bond donors (Lipinski definition) is 0. The van der Waals surface area contributed by atoms with Crippen molar-refractivity contribution in [3.63, 3.8) is 0 Å². The number of allylic oxidation sites excluding steroid dienone is 3. The van der Waals surface area contributed by atoms with Gasteiger partial charge in [0.1, 0.15) is 0 Å². The molecule has 0 aromatic heterocycles. The van der Waals surface area contributed by atoms with Crippen LogP contribution in [0.1, 0.15) is 51.5 Å². The Kier molecular flexibility index (Phi) is 6.18. The number of benzene rings is 1. The average Bonchev–Trinajstić information content (AvgIpc) is 2.73. The number of aryl methyl sites for hydroxylation is 1. The molecule has 28 heavy (non-hydrogen) atoms. The Morgan fingerprint density at radius 3 is 2.82 bits per heavy atom. The van der Waals surface area contributed by atoms with Crippen LogP contribution >= 0.6 is 0 Å². The lowest BCUT2D eigenvalue weighted by Crippen LogP contribution is -2.51. The minimum atomic E-state index is 0.347. The van der Waals surface area contributed by atoms with E-state index < -0.39 is 0 Å². The Labute approximate surface area is 171 Å². The van der Waals surface area contributed by atoms with Gasteiger partial charge in [-0.15, -0.1) is 0 Å². The number of ether oxygens (including phenoxy) is 1. The van der Waals surface area contributed by atoms with E-state index in [1.165, 1.54) is 24.8 Å². The molecular weight excluding hydrogens is 342 g/mol. The molecule has 2 nitrogen and oxygen atoms in total. The minimum absolute atomic E-state index is 0.347. The van der Waals surface area contributed by atoms with Gasteiger partial charge in [-0.05, 0) is 76.1 Å². The van der Waals surface area contributed by atoms with E-state index in [2.05, 4.69) is 80.4 Å². The van der Waals surface area contributed by atoms with Crippen molar-refractivity contribution < 1.29 is 4.74 Å². The molecule has 2 heteroatoms.